The molecule has 1 heterocycles. The van der Waals surface area contributed by atoms with Gasteiger partial charge in [-0.2, -0.15) is 0 Å². The van der Waals surface area contributed by atoms with Crippen LogP contribution in [0.5, 0.6) is 0 Å². The van der Waals surface area contributed by atoms with E-state index in [0.29, 0.717) is 5.92 Å². The molecule has 3 N–H and O–H groups in total. The molecule has 2 saturated carbocycles. The predicted molar refractivity (Wildman–Crippen MR) is 91.2 cm³/mol. The molecule has 3 fully saturated rings. The van der Waals surface area contributed by atoms with E-state index in [4.69, 9.17) is 0 Å². The Balaban J connectivity index is 1.45. The topological polar surface area (TPSA) is 70.2 Å². The van der Waals surface area contributed by atoms with Crippen LogP contribution in [0.2, 0.25) is 0 Å². The Morgan fingerprint density at radius 2 is 1.88 bits per heavy atom. The Kier molecular flexibility index (Phi) is 4.04. The number of amides is 2. The molecular weight excluding hydrogens is 302 g/mol. The number of hydrogen-bond acceptors (Lipinski definition) is 3. The van der Waals surface area contributed by atoms with Gasteiger partial charge < -0.3 is 10.6 Å². The minimum atomic E-state index is -0.444. The van der Waals surface area contributed by atoms with Gasteiger partial charge in [0, 0.05) is 0 Å². The molecule has 5 nitrogen and oxygen atoms in total. The summed E-state index contributed by atoms with van der Waals surface area (Å²) < 4.78 is 0. The Labute approximate surface area is 142 Å². The fourth-order valence-corrected chi connectivity index (χ4v) is 3.61. The molecule has 5 heteroatoms. The van der Waals surface area contributed by atoms with Crippen LogP contribution in [0.1, 0.15) is 62.1 Å². The molecule has 0 bridgehead atoms. The van der Waals surface area contributed by atoms with Crippen LogP contribution in [0, 0.1) is 5.92 Å². The van der Waals surface area contributed by atoms with Gasteiger partial charge in [-0.1, -0.05) is 24.3 Å². The number of rotatable bonds is 5. The lowest BCUT2D eigenvalue weighted by molar-refractivity contribution is -0.132. The zero-order chi connectivity index (χ0) is 16.7. The number of carbonyl (C=O) groups excluding carboxylic acids is 2. The lowest BCUT2D eigenvalue weighted by Crippen LogP contribution is -2.59. The van der Waals surface area contributed by atoms with Crippen molar-refractivity contribution in [3.8, 4) is 0 Å². The fraction of sp³-hybridized carbons (Fsp3) is 0.579. The second kappa shape index (κ2) is 6.20. The van der Waals surface area contributed by atoms with Crippen molar-refractivity contribution >= 4 is 11.8 Å². The predicted octanol–water partition coefficient (Wildman–Crippen LogP) is 1.96. The van der Waals surface area contributed by atoms with Crippen molar-refractivity contribution in [2.45, 2.75) is 63.2 Å². The Morgan fingerprint density at radius 3 is 2.46 bits per heavy atom. The van der Waals surface area contributed by atoms with Gasteiger partial charge in [0.25, 0.3) is 0 Å². The van der Waals surface area contributed by atoms with Crippen LogP contribution in [0.25, 0.3) is 0 Å². The highest BCUT2D eigenvalue weighted by Crippen LogP contribution is 2.43. The summed E-state index contributed by atoms with van der Waals surface area (Å²) in [7, 11) is 0. The van der Waals surface area contributed by atoms with Gasteiger partial charge in [-0.3, -0.25) is 14.9 Å². The molecule has 2 amide bonds. The van der Waals surface area contributed by atoms with Crippen molar-refractivity contribution in [2.24, 2.45) is 5.92 Å². The van der Waals surface area contributed by atoms with Crippen molar-refractivity contribution in [1.29, 1.82) is 0 Å². The molecule has 4 rings (SSSR count). The second-order valence-electron chi connectivity index (χ2n) is 7.48. The summed E-state index contributed by atoms with van der Waals surface area (Å²) in [6.45, 7) is 1.85. The van der Waals surface area contributed by atoms with Crippen molar-refractivity contribution < 1.29 is 9.59 Å². The van der Waals surface area contributed by atoms with E-state index < -0.39 is 6.04 Å². The summed E-state index contributed by atoms with van der Waals surface area (Å²) in [4.78, 5) is 24.3. The van der Waals surface area contributed by atoms with Gasteiger partial charge in [-0.15, -0.1) is 0 Å². The van der Waals surface area contributed by atoms with E-state index in [1.807, 2.05) is 6.92 Å². The van der Waals surface area contributed by atoms with E-state index in [2.05, 4.69) is 40.2 Å². The van der Waals surface area contributed by atoms with Crippen molar-refractivity contribution in [3.05, 3.63) is 35.4 Å². The Bertz CT molecular complexity index is 635. The van der Waals surface area contributed by atoms with Crippen LogP contribution in [-0.4, -0.2) is 24.0 Å². The maximum absolute atomic E-state index is 12.6. The summed E-state index contributed by atoms with van der Waals surface area (Å²) in [5.74, 6) is 1.13. The SMILES string of the molecule is CC1NC(=O)CC(C(=O)N[C@@H](c2ccc(C3CC3)cc2)C2CC2)N1. The van der Waals surface area contributed by atoms with Gasteiger partial charge in [-0.25, -0.2) is 0 Å². The summed E-state index contributed by atoms with van der Waals surface area (Å²) in [5.41, 5.74) is 2.60. The highest BCUT2D eigenvalue weighted by atomic mass is 16.2. The van der Waals surface area contributed by atoms with Crippen molar-refractivity contribution in [1.82, 2.24) is 16.0 Å². The molecule has 3 aliphatic rings. The molecule has 1 aromatic rings. The van der Waals surface area contributed by atoms with Crippen LogP contribution in [-0.2, 0) is 9.59 Å². The minimum Gasteiger partial charge on any atom is -0.348 e. The van der Waals surface area contributed by atoms with Gasteiger partial charge in [0.2, 0.25) is 11.8 Å². The molecule has 0 aromatic heterocycles. The van der Waals surface area contributed by atoms with E-state index >= 15 is 0 Å². The Hall–Kier alpha value is -1.88. The highest BCUT2D eigenvalue weighted by molar-refractivity contribution is 5.89. The third-order valence-electron chi connectivity index (χ3n) is 5.27. The maximum Gasteiger partial charge on any atom is 0.238 e. The van der Waals surface area contributed by atoms with Crippen LogP contribution in [0.4, 0.5) is 0 Å². The molecule has 3 atom stereocenters. The molecular formula is C19H25N3O2. The molecule has 0 spiro atoms. The average molecular weight is 327 g/mol. The number of carbonyl (C=O) groups is 2. The first-order valence-electron chi connectivity index (χ1n) is 9.06. The lowest BCUT2D eigenvalue weighted by Gasteiger charge is -2.30. The lowest BCUT2D eigenvalue weighted by atomic mass is 9.98. The summed E-state index contributed by atoms with van der Waals surface area (Å²) in [6.07, 6.45) is 4.95. The average Bonchev–Trinajstić information content (AvgIpc) is 3.45. The molecule has 1 saturated heterocycles. The Morgan fingerprint density at radius 1 is 1.17 bits per heavy atom. The van der Waals surface area contributed by atoms with Crippen LogP contribution in [0.15, 0.2) is 24.3 Å². The molecule has 0 radical (unpaired) electrons. The molecule has 128 valence electrons. The molecule has 2 unspecified atom stereocenters. The van der Waals surface area contributed by atoms with Crippen LogP contribution < -0.4 is 16.0 Å². The molecule has 1 aromatic carbocycles. The van der Waals surface area contributed by atoms with Crippen LogP contribution >= 0.6 is 0 Å². The van der Waals surface area contributed by atoms with E-state index in [0.717, 1.165) is 18.8 Å². The summed E-state index contributed by atoms with van der Waals surface area (Å²) in [6, 6.07) is 8.38. The molecule has 1 aliphatic heterocycles. The largest absolute Gasteiger partial charge is 0.348 e. The van der Waals surface area contributed by atoms with Gasteiger partial charge in [0.15, 0.2) is 0 Å². The van der Waals surface area contributed by atoms with E-state index in [-0.39, 0.29) is 30.4 Å². The van der Waals surface area contributed by atoms with Crippen molar-refractivity contribution in [2.75, 3.05) is 0 Å². The number of hydrogen-bond donors (Lipinski definition) is 3. The third-order valence-corrected chi connectivity index (χ3v) is 5.27. The summed E-state index contributed by atoms with van der Waals surface area (Å²) >= 11 is 0. The zero-order valence-corrected chi connectivity index (χ0v) is 14.0. The maximum atomic E-state index is 12.6. The van der Waals surface area contributed by atoms with E-state index in [1.165, 1.54) is 24.0 Å². The van der Waals surface area contributed by atoms with E-state index in [9.17, 15) is 9.59 Å². The van der Waals surface area contributed by atoms with Gasteiger partial charge in [0.1, 0.15) is 0 Å². The number of benzene rings is 1. The smallest absolute Gasteiger partial charge is 0.238 e. The normalized spacial score (nSPS) is 28.1. The monoisotopic (exact) mass is 327 g/mol. The van der Waals surface area contributed by atoms with Gasteiger partial charge >= 0.3 is 0 Å². The second-order valence-corrected chi connectivity index (χ2v) is 7.48. The fourth-order valence-electron chi connectivity index (χ4n) is 3.61. The number of nitrogens with one attached hydrogen (secondary N) is 3. The van der Waals surface area contributed by atoms with Gasteiger partial charge in [-0.05, 0) is 55.6 Å². The minimum absolute atomic E-state index is 0.0628. The highest BCUT2D eigenvalue weighted by Gasteiger charge is 2.36. The quantitative estimate of drug-likeness (QED) is 0.774. The first-order valence-corrected chi connectivity index (χ1v) is 9.06. The molecule has 24 heavy (non-hydrogen) atoms. The first-order chi connectivity index (χ1) is 11.6. The molecule has 2 aliphatic carbocycles. The zero-order valence-electron chi connectivity index (χ0n) is 14.0. The standard InChI is InChI=1S/C19H25N3O2/c1-11-20-16(10-17(23)21-11)19(24)22-18(15-8-9-15)14-6-4-13(5-7-14)12-2-3-12/h4-7,11-12,15-16,18,20H,2-3,8-10H2,1H3,(H,21,23)(H,22,24)/t11?,16?,18-/m0/s1. The first kappa shape index (κ1) is 15.6. The third kappa shape index (κ3) is 3.46. The van der Waals surface area contributed by atoms with E-state index in [1.54, 1.807) is 0 Å². The van der Waals surface area contributed by atoms with Crippen molar-refractivity contribution in [3.63, 3.8) is 0 Å². The van der Waals surface area contributed by atoms with Gasteiger partial charge in [0.05, 0.1) is 24.7 Å². The summed E-state index contributed by atoms with van der Waals surface area (Å²) in [5, 5.41) is 9.12. The van der Waals surface area contributed by atoms with Crippen LogP contribution in [0.3, 0.4) is 0 Å².